The van der Waals surface area contributed by atoms with E-state index in [1.54, 1.807) is 13.2 Å². The summed E-state index contributed by atoms with van der Waals surface area (Å²) < 4.78 is 7.85. The van der Waals surface area contributed by atoms with Gasteiger partial charge in [0.05, 0.1) is 0 Å². The van der Waals surface area contributed by atoms with Crippen molar-refractivity contribution in [1.82, 2.24) is 0 Å². The number of rotatable bonds is 5. The van der Waals surface area contributed by atoms with Crippen molar-refractivity contribution < 1.29 is 9.53 Å². The van der Waals surface area contributed by atoms with E-state index in [2.05, 4.69) is 24.3 Å². The van der Waals surface area contributed by atoms with E-state index in [1.807, 2.05) is 24.3 Å². The van der Waals surface area contributed by atoms with Crippen molar-refractivity contribution in [3.8, 4) is 5.75 Å². The van der Waals surface area contributed by atoms with E-state index in [0.29, 0.717) is 0 Å². The standard InChI is InChI=1S/C16H13ClO2Te/c1-19-13-5-3-7-15(11-13)20-14-6-2-4-12(10-14)8-9-16(17)18/h2-11H,1H3. The van der Waals surface area contributed by atoms with Crippen molar-refractivity contribution in [3.63, 3.8) is 0 Å². The first-order chi connectivity index (χ1) is 9.67. The quantitative estimate of drug-likeness (QED) is 0.437. The zero-order valence-electron chi connectivity index (χ0n) is 10.9. The summed E-state index contributed by atoms with van der Waals surface area (Å²) in [6.07, 6.45) is 3.10. The molecule has 0 spiro atoms. The Kier molecular flexibility index (Phi) is 5.67. The van der Waals surface area contributed by atoms with Gasteiger partial charge in [-0.25, -0.2) is 0 Å². The first-order valence-electron chi connectivity index (χ1n) is 5.97. The molecule has 2 nitrogen and oxygen atoms in total. The maximum absolute atomic E-state index is 10.7. The molecule has 0 heterocycles. The Balaban J connectivity index is 2.16. The van der Waals surface area contributed by atoms with Crippen LogP contribution < -0.4 is 12.0 Å². The summed E-state index contributed by atoms with van der Waals surface area (Å²) in [5.41, 5.74) is 0.990. The van der Waals surface area contributed by atoms with Crippen molar-refractivity contribution in [2.24, 2.45) is 0 Å². The van der Waals surface area contributed by atoms with Gasteiger partial charge in [0.25, 0.3) is 0 Å². The summed E-state index contributed by atoms with van der Waals surface area (Å²) in [5, 5.41) is -0.459. The number of hydrogen-bond donors (Lipinski definition) is 0. The summed E-state index contributed by atoms with van der Waals surface area (Å²) >= 11 is 4.83. The van der Waals surface area contributed by atoms with Crippen LogP contribution >= 0.6 is 11.6 Å². The molecule has 0 aliphatic heterocycles. The summed E-state index contributed by atoms with van der Waals surface area (Å²) in [7, 11) is 1.67. The predicted octanol–water partition coefficient (Wildman–Crippen LogP) is 2.13. The fourth-order valence-corrected chi connectivity index (χ4v) is 4.38. The Morgan fingerprint density at radius 1 is 1.15 bits per heavy atom. The van der Waals surface area contributed by atoms with Crippen molar-refractivity contribution in [2.45, 2.75) is 0 Å². The van der Waals surface area contributed by atoms with Crippen LogP contribution in [0.3, 0.4) is 0 Å². The Labute approximate surface area is 133 Å². The number of ether oxygens (including phenoxy) is 1. The number of hydrogen-bond acceptors (Lipinski definition) is 2. The second-order valence-corrected chi connectivity index (χ2v) is 7.64. The van der Waals surface area contributed by atoms with E-state index in [4.69, 9.17) is 16.3 Å². The Bertz CT molecular complexity index is 638. The molecule has 0 aliphatic carbocycles. The van der Waals surface area contributed by atoms with E-state index in [9.17, 15) is 4.79 Å². The maximum atomic E-state index is 10.7. The molecule has 0 fully saturated rings. The average Bonchev–Trinajstić information content (AvgIpc) is 2.46. The number of carbonyl (C=O) groups excluding carboxylic acids is 1. The third kappa shape index (κ3) is 4.68. The van der Waals surface area contributed by atoms with Crippen LogP contribution in [-0.4, -0.2) is 33.3 Å². The van der Waals surface area contributed by atoms with Crippen LogP contribution in [0.5, 0.6) is 5.75 Å². The van der Waals surface area contributed by atoms with Gasteiger partial charge in [0, 0.05) is 0 Å². The summed E-state index contributed by atoms with van der Waals surface area (Å²) in [6.45, 7) is 0. The zero-order chi connectivity index (χ0) is 14.4. The number of methoxy groups -OCH3 is 1. The van der Waals surface area contributed by atoms with Crippen LogP contribution in [0.15, 0.2) is 54.6 Å². The van der Waals surface area contributed by atoms with Crippen molar-refractivity contribution in [1.29, 1.82) is 0 Å². The monoisotopic (exact) mass is 402 g/mol. The summed E-state index contributed by atoms with van der Waals surface area (Å²) in [6, 6.07) is 16.3. The topological polar surface area (TPSA) is 26.3 Å². The second-order valence-electron chi connectivity index (χ2n) is 3.99. The second kappa shape index (κ2) is 7.50. The van der Waals surface area contributed by atoms with Gasteiger partial charge in [0.2, 0.25) is 0 Å². The molecule has 2 aromatic carbocycles. The van der Waals surface area contributed by atoms with Gasteiger partial charge < -0.3 is 0 Å². The minimum absolute atomic E-state index is 0.459. The van der Waals surface area contributed by atoms with Gasteiger partial charge in [0.1, 0.15) is 0 Å². The third-order valence-corrected chi connectivity index (χ3v) is 5.46. The van der Waals surface area contributed by atoms with E-state index in [1.165, 1.54) is 13.3 Å². The molecule has 2 rings (SSSR count). The molecule has 0 N–H and O–H groups in total. The molecule has 0 saturated carbocycles. The van der Waals surface area contributed by atoms with Crippen molar-refractivity contribution >= 4 is 51.1 Å². The van der Waals surface area contributed by atoms with Gasteiger partial charge in [-0.2, -0.15) is 0 Å². The fourth-order valence-electron chi connectivity index (χ4n) is 1.64. The Morgan fingerprint density at radius 3 is 2.55 bits per heavy atom. The Morgan fingerprint density at radius 2 is 1.85 bits per heavy atom. The van der Waals surface area contributed by atoms with Crippen LogP contribution in [-0.2, 0) is 4.79 Å². The summed E-state index contributed by atoms with van der Waals surface area (Å²) in [4.78, 5) is 10.7. The van der Waals surface area contributed by atoms with Gasteiger partial charge in [-0.3, -0.25) is 0 Å². The molecule has 0 bridgehead atoms. The zero-order valence-corrected chi connectivity index (χ0v) is 14.0. The van der Waals surface area contributed by atoms with Gasteiger partial charge >= 0.3 is 134 Å². The molecule has 4 heteroatoms. The minimum atomic E-state index is -0.467. The predicted molar refractivity (Wildman–Crippen MR) is 84.4 cm³/mol. The molecule has 20 heavy (non-hydrogen) atoms. The molecule has 0 aromatic heterocycles. The van der Waals surface area contributed by atoms with Crippen LogP contribution in [0.2, 0.25) is 0 Å². The van der Waals surface area contributed by atoms with E-state index in [-0.39, 0.29) is 0 Å². The molecule has 2 aromatic rings. The van der Waals surface area contributed by atoms with E-state index in [0.717, 1.165) is 11.3 Å². The van der Waals surface area contributed by atoms with Gasteiger partial charge in [-0.05, 0) is 0 Å². The first kappa shape index (κ1) is 15.1. The van der Waals surface area contributed by atoms with Crippen molar-refractivity contribution in [3.05, 3.63) is 60.2 Å². The van der Waals surface area contributed by atoms with Gasteiger partial charge in [-0.15, -0.1) is 0 Å². The molecule has 102 valence electrons. The van der Waals surface area contributed by atoms with Crippen molar-refractivity contribution in [2.75, 3.05) is 7.11 Å². The number of benzene rings is 2. The number of halogens is 1. The molecule has 0 unspecified atom stereocenters. The van der Waals surface area contributed by atoms with Crippen LogP contribution in [0.4, 0.5) is 0 Å². The molecule has 0 aliphatic rings. The molecular weight excluding hydrogens is 387 g/mol. The Hall–Kier alpha value is -1.27. The van der Waals surface area contributed by atoms with Crippen LogP contribution in [0, 0.1) is 0 Å². The van der Waals surface area contributed by atoms with E-state index >= 15 is 0 Å². The SMILES string of the molecule is COc1cccc([Te]c2cccc(C=CC(=O)Cl)c2)c1. The number of allylic oxidation sites excluding steroid dienone is 1. The average molecular weight is 400 g/mol. The molecule has 0 radical (unpaired) electrons. The first-order valence-corrected chi connectivity index (χ1v) is 8.68. The molecular formula is C16H13ClO2Te. The molecule has 0 amide bonds. The van der Waals surface area contributed by atoms with Gasteiger partial charge in [-0.1, -0.05) is 0 Å². The molecule has 0 atom stereocenters. The van der Waals surface area contributed by atoms with Crippen LogP contribution in [0.25, 0.3) is 6.08 Å². The van der Waals surface area contributed by atoms with Gasteiger partial charge in [0.15, 0.2) is 0 Å². The third-order valence-electron chi connectivity index (χ3n) is 2.54. The molecule has 0 saturated heterocycles. The number of carbonyl (C=O) groups is 1. The summed E-state index contributed by atoms with van der Waals surface area (Å²) in [5.74, 6) is 0.886. The fraction of sp³-hybridized carbons (Fsp3) is 0.0625. The van der Waals surface area contributed by atoms with E-state index < -0.39 is 26.2 Å². The normalized spacial score (nSPS) is 10.7. The van der Waals surface area contributed by atoms with Crippen LogP contribution in [0.1, 0.15) is 5.56 Å².